The van der Waals surface area contributed by atoms with Crippen LogP contribution in [-0.2, 0) is 10.0 Å². The highest BCUT2D eigenvalue weighted by Crippen LogP contribution is 2.31. The van der Waals surface area contributed by atoms with Crippen molar-refractivity contribution in [2.45, 2.75) is 78.3 Å². The Bertz CT molecular complexity index is 1610. The van der Waals surface area contributed by atoms with Gasteiger partial charge in [0.25, 0.3) is 15.9 Å². The number of benzene rings is 2. The van der Waals surface area contributed by atoms with E-state index in [1.165, 1.54) is 12.1 Å². The fraction of sp³-hybridized carbons (Fsp3) is 0.500. The number of nitrogens with one attached hydrogen (secondary N) is 1. The van der Waals surface area contributed by atoms with E-state index in [0.717, 1.165) is 36.1 Å². The fourth-order valence-corrected chi connectivity index (χ4v) is 7.11. The van der Waals surface area contributed by atoms with Gasteiger partial charge >= 0.3 is 0 Å². The molecule has 0 saturated carbocycles. The zero-order valence-electron chi connectivity index (χ0n) is 26.9. The van der Waals surface area contributed by atoms with Crippen LogP contribution in [0.1, 0.15) is 68.9 Å². The van der Waals surface area contributed by atoms with Crippen molar-refractivity contribution in [1.82, 2.24) is 19.8 Å². The molecule has 1 fully saturated rings. The van der Waals surface area contributed by atoms with E-state index in [1.807, 2.05) is 36.9 Å². The number of rotatable bonds is 5. The number of sulfonamides is 1. The lowest BCUT2D eigenvalue weighted by Crippen LogP contribution is -2.46. The van der Waals surface area contributed by atoms with Crippen molar-refractivity contribution in [2.24, 2.45) is 11.3 Å². The van der Waals surface area contributed by atoms with E-state index >= 15 is 0 Å². The maximum atomic E-state index is 14.2. The lowest BCUT2D eigenvalue weighted by Gasteiger charge is -2.34. The minimum absolute atomic E-state index is 0.0234. The van der Waals surface area contributed by atoms with Crippen molar-refractivity contribution in [3.8, 4) is 17.1 Å². The van der Waals surface area contributed by atoms with Crippen molar-refractivity contribution in [1.29, 1.82) is 0 Å². The largest absolute Gasteiger partial charge is 0.471 e. The predicted octanol–water partition coefficient (Wildman–Crippen LogP) is 5.93. The van der Waals surface area contributed by atoms with Gasteiger partial charge in [-0.3, -0.25) is 9.69 Å². The molecule has 2 aliphatic rings. The molecular formula is C34H45N5O4S. The van der Waals surface area contributed by atoms with Crippen molar-refractivity contribution in [3.63, 3.8) is 0 Å². The first kappa shape index (κ1) is 31.9. The quantitative estimate of drug-likeness (QED) is 0.377. The van der Waals surface area contributed by atoms with Gasteiger partial charge in [0.15, 0.2) is 0 Å². The van der Waals surface area contributed by atoms with Crippen LogP contribution in [0, 0.1) is 25.2 Å². The molecule has 2 aromatic carbocycles. The Labute approximate surface area is 262 Å². The third kappa shape index (κ3) is 7.41. The van der Waals surface area contributed by atoms with E-state index in [9.17, 15) is 13.2 Å². The summed E-state index contributed by atoms with van der Waals surface area (Å²) in [5, 5.41) is 0. The minimum Gasteiger partial charge on any atom is -0.471 e. The molecule has 3 aromatic rings. The molecule has 1 N–H and O–H groups in total. The molecule has 3 heterocycles. The topological polar surface area (TPSA) is 105 Å². The number of carbonyl (C=O) groups excluding carboxylic acids is 1. The monoisotopic (exact) mass is 619 g/mol. The molecule has 5 rings (SSSR count). The lowest BCUT2D eigenvalue weighted by atomic mass is 9.92. The molecule has 44 heavy (non-hydrogen) atoms. The van der Waals surface area contributed by atoms with Crippen LogP contribution in [-0.4, -0.2) is 72.4 Å². The summed E-state index contributed by atoms with van der Waals surface area (Å²) in [6, 6.07) is 13.9. The molecular weight excluding hydrogens is 574 g/mol. The third-order valence-electron chi connectivity index (χ3n) is 8.30. The molecule has 10 heteroatoms. The Hall–Kier alpha value is -3.50. The highest BCUT2D eigenvalue weighted by atomic mass is 32.2. The average molecular weight is 620 g/mol. The molecule has 236 valence electrons. The van der Waals surface area contributed by atoms with Crippen LogP contribution in [0.3, 0.4) is 0 Å². The number of anilines is 1. The van der Waals surface area contributed by atoms with Crippen LogP contribution >= 0.6 is 0 Å². The minimum atomic E-state index is -4.10. The van der Waals surface area contributed by atoms with Crippen LogP contribution in [0.5, 0.6) is 5.88 Å². The maximum absolute atomic E-state index is 14.2. The second-order valence-corrected chi connectivity index (χ2v) is 15.5. The van der Waals surface area contributed by atoms with Gasteiger partial charge in [-0.15, -0.1) is 0 Å². The summed E-state index contributed by atoms with van der Waals surface area (Å²) >= 11 is 0. The van der Waals surface area contributed by atoms with Crippen LogP contribution in [0.25, 0.3) is 11.3 Å². The number of ether oxygens (including phenoxy) is 1. The molecule has 0 spiro atoms. The highest BCUT2D eigenvalue weighted by Gasteiger charge is 2.36. The average Bonchev–Trinajstić information content (AvgIpc) is 3.08. The summed E-state index contributed by atoms with van der Waals surface area (Å²) in [7, 11) is -4.10. The Morgan fingerprint density at radius 1 is 1.00 bits per heavy atom. The van der Waals surface area contributed by atoms with Gasteiger partial charge in [-0.1, -0.05) is 58.9 Å². The number of hydrogen-bond donors (Lipinski definition) is 1. The first-order valence-corrected chi connectivity index (χ1v) is 17.0. The molecule has 1 aromatic heterocycles. The molecule has 9 nitrogen and oxygen atoms in total. The second kappa shape index (κ2) is 12.5. The van der Waals surface area contributed by atoms with Gasteiger partial charge in [-0.05, 0) is 73.9 Å². The molecule has 1 saturated heterocycles. The summed E-state index contributed by atoms with van der Waals surface area (Å²) in [6.45, 7) is 17.6. The van der Waals surface area contributed by atoms with E-state index in [-0.39, 0.29) is 34.1 Å². The van der Waals surface area contributed by atoms with Crippen LogP contribution in [0.4, 0.5) is 5.95 Å². The van der Waals surface area contributed by atoms with Gasteiger partial charge in [0.2, 0.25) is 11.8 Å². The van der Waals surface area contributed by atoms with Gasteiger partial charge in [-0.2, -0.15) is 4.98 Å². The third-order valence-corrected chi connectivity index (χ3v) is 9.62. The Morgan fingerprint density at radius 2 is 1.70 bits per heavy atom. The number of amides is 1. The summed E-state index contributed by atoms with van der Waals surface area (Å²) in [6.07, 6.45) is 1.42. The molecule has 2 aliphatic heterocycles. The lowest BCUT2D eigenvalue weighted by molar-refractivity contribution is 0.0584. The molecule has 2 atom stereocenters. The molecule has 1 amide bonds. The SMILES string of the molecule is Cc1cccc(C)c1-c1cc2nc(n1)NS(=O)(=O)c1cccc(c1)C(=O)N1C[C@@H](CN(CCC(C)(C)C)C[C@H]1CC(C)C)O2. The molecule has 0 aliphatic carbocycles. The second-order valence-electron chi connectivity index (χ2n) is 13.9. The standard InChI is InChI=1S/C34H45N5O4S/c1-22(2)16-26-19-38(15-14-34(5,6)7)20-27-21-39(26)32(40)25-12-9-13-28(17-25)44(41,42)37-33-35-29(18-30(36-33)43-27)31-23(3)10-8-11-24(31)4/h8-13,17-18,22,26-27H,14-16,19-21H2,1-7H3,(H,35,36,37)/t26-,27-/m1/s1. The number of aryl methyl sites for hydroxylation is 2. The molecule has 0 unspecified atom stereocenters. The maximum Gasteiger partial charge on any atom is 0.264 e. The summed E-state index contributed by atoms with van der Waals surface area (Å²) in [5.41, 5.74) is 3.95. The Morgan fingerprint density at radius 3 is 2.39 bits per heavy atom. The molecule has 0 radical (unpaired) electrons. The van der Waals surface area contributed by atoms with Gasteiger partial charge < -0.3 is 9.64 Å². The number of nitrogens with zero attached hydrogens (tertiary/aromatic N) is 4. The summed E-state index contributed by atoms with van der Waals surface area (Å²) in [5.74, 6) is 0.340. The summed E-state index contributed by atoms with van der Waals surface area (Å²) in [4.78, 5) is 27.7. The molecule has 6 bridgehead atoms. The first-order valence-electron chi connectivity index (χ1n) is 15.5. The van der Waals surface area contributed by atoms with Crippen LogP contribution < -0.4 is 9.46 Å². The normalized spacial score (nSPS) is 20.5. The van der Waals surface area contributed by atoms with E-state index in [0.29, 0.717) is 36.8 Å². The number of aromatic nitrogens is 2. The first-order chi connectivity index (χ1) is 20.7. The van der Waals surface area contributed by atoms with Gasteiger partial charge in [0, 0.05) is 36.3 Å². The van der Waals surface area contributed by atoms with Gasteiger partial charge in [0.05, 0.1) is 17.1 Å². The van der Waals surface area contributed by atoms with Crippen molar-refractivity contribution in [2.75, 3.05) is 30.9 Å². The number of carbonyl (C=O) groups is 1. The Balaban J connectivity index is 1.66. The zero-order valence-corrected chi connectivity index (χ0v) is 27.7. The van der Waals surface area contributed by atoms with E-state index < -0.39 is 16.1 Å². The number of fused-ring (bicyclic) bond motifs is 6. The predicted molar refractivity (Wildman–Crippen MR) is 173 cm³/mol. The van der Waals surface area contributed by atoms with Crippen LogP contribution in [0.15, 0.2) is 53.4 Å². The van der Waals surface area contributed by atoms with Crippen molar-refractivity contribution in [3.05, 3.63) is 65.2 Å². The van der Waals surface area contributed by atoms with Crippen molar-refractivity contribution >= 4 is 21.9 Å². The van der Waals surface area contributed by atoms with Gasteiger partial charge in [0.1, 0.15) is 6.10 Å². The van der Waals surface area contributed by atoms with E-state index in [4.69, 9.17) is 4.74 Å². The van der Waals surface area contributed by atoms with E-state index in [2.05, 4.69) is 54.2 Å². The zero-order chi connectivity index (χ0) is 31.8. The summed E-state index contributed by atoms with van der Waals surface area (Å²) < 4.78 is 36.4. The highest BCUT2D eigenvalue weighted by molar-refractivity contribution is 7.92. The number of hydrogen-bond acceptors (Lipinski definition) is 7. The Kier molecular flexibility index (Phi) is 9.05. The van der Waals surface area contributed by atoms with Crippen molar-refractivity contribution < 1.29 is 17.9 Å². The van der Waals surface area contributed by atoms with Crippen LogP contribution in [0.2, 0.25) is 0 Å². The van der Waals surface area contributed by atoms with Gasteiger partial charge in [-0.25, -0.2) is 18.1 Å². The smallest absolute Gasteiger partial charge is 0.264 e. The fourth-order valence-electron chi connectivity index (χ4n) is 6.12. The van der Waals surface area contributed by atoms with E-state index in [1.54, 1.807) is 18.2 Å².